The predicted molar refractivity (Wildman–Crippen MR) is 22.7 cm³/mol. The van der Waals surface area contributed by atoms with Gasteiger partial charge in [0.25, 0.3) is 0 Å². The largest absolute Gasteiger partial charge is 2.00 e. The first kappa shape index (κ1) is 18.0. The number of hydrogen-bond donors (Lipinski definition) is 4. The van der Waals surface area contributed by atoms with Crippen LogP contribution >= 0.6 is 16.3 Å². The van der Waals surface area contributed by atoms with Crippen LogP contribution in [0, 0.1) is 0 Å². The average molecular weight is 258 g/mol. The molecule has 0 heterocycles. The van der Waals surface area contributed by atoms with Gasteiger partial charge in [-0.3, -0.25) is 4.89 Å². The minimum absolute atomic E-state index is 0. The quantitative estimate of drug-likeness (QED) is 0.246. The van der Waals surface area contributed by atoms with E-state index >= 15 is 0 Å². The standard InChI is InChI=1S/Cu.2H3O4P/c;2*1-5(2,3)4/h;2*(H3,1,2,3,4)/q+2;;/p-2. The summed E-state index contributed by atoms with van der Waals surface area (Å²) in [6, 6.07) is 0. The van der Waals surface area contributed by atoms with Gasteiger partial charge in [0.05, 0.1) is 0 Å². The van der Waals surface area contributed by atoms with E-state index in [9.17, 15) is 0 Å². The molecule has 8 nitrogen and oxygen atoms in total. The molecule has 11 heavy (non-hydrogen) atoms. The third-order valence-corrected chi connectivity index (χ3v) is 0. The maximum atomic E-state index is 8.88. The van der Waals surface area contributed by atoms with Crippen molar-refractivity contribution in [3.05, 3.63) is 0 Å². The summed E-state index contributed by atoms with van der Waals surface area (Å²) >= 11 is 0. The monoisotopic (exact) mass is 257 g/mol. The maximum absolute atomic E-state index is 8.88. The van der Waals surface area contributed by atoms with Gasteiger partial charge in [0.2, 0.25) is 0 Å². The van der Waals surface area contributed by atoms with Gasteiger partial charge in [0, 0.05) is 0 Å². The van der Waals surface area contributed by atoms with Crippen molar-refractivity contribution in [3.63, 3.8) is 0 Å². The second-order valence-corrected chi connectivity index (χ2v) is 2.95. The zero-order valence-corrected chi connectivity index (χ0v) is 7.35. The van der Waals surface area contributed by atoms with E-state index in [2.05, 4.69) is 0 Å². The molecule has 0 aliphatic heterocycles. The fourth-order valence-electron chi connectivity index (χ4n) is 0. The van der Waals surface area contributed by atoms with E-state index in [0.29, 0.717) is 0 Å². The summed E-state index contributed by atoms with van der Waals surface area (Å²) < 4.78 is 0. The Bertz CT molecular complexity index is 55.1. The molecule has 0 aliphatic carbocycles. The van der Waals surface area contributed by atoms with Crippen LogP contribution in [0.4, 0.5) is 0 Å². The first-order valence-corrected chi connectivity index (χ1v) is 4.59. The van der Waals surface area contributed by atoms with Crippen LogP contribution in [-0.2, 0) is 17.1 Å². The van der Waals surface area contributed by atoms with Gasteiger partial charge in [-0.2, -0.15) is 14.7 Å². The minimum Gasteiger partial charge on any atom is -0.663 e. The molecule has 0 spiro atoms. The van der Waals surface area contributed by atoms with Crippen molar-refractivity contribution < 1.29 is 56.2 Å². The summed E-state index contributed by atoms with van der Waals surface area (Å²) in [5.41, 5.74) is 0. The fraction of sp³-hybridized carbons (Fsp3) is 0. The molecule has 0 aromatic heterocycles. The molecular weight excluding hydrogens is 253 g/mol. The molecule has 1 radical (unpaired) electrons. The van der Waals surface area contributed by atoms with Crippen molar-refractivity contribution in [2.75, 3.05) is 0 Å². The summed E-state index contributed by atoms with van der Waals surface area (Å²) in [7, 11) is -9.78. The van der Waals surface area contributed by atoms with Crippen LogP contribution in [0.15, 0.2) is 0 Å². The molecule has 0 aromatic carbocycles. The maximum Gasteiger partial charge on any atom is 2.00 e. The van der Waals surface area contributed by atoms with Crippen molar-refractivity contribution in [2.24, 2.45) is 0 Å². The first-order chi connectivity index (χ1) is 4.00. The Balaban J connectivity index is -0.000000107. The normalized spacial score (nSPS) is 10.9. The smallest absolute Gasteiger partial charge is 0.663 e. The molecule has 0 fully saturated rings. The van der Waals surface area contributed by atoms with Crippen molar-refractivity contribution >= 4 is 16.3 Å². The van der Waals surface area contributed by atoms with E-state index in [1.807, 2.05) is 0 Å². The summed E-state index contributed by atoms with van der Waals surface area (Å²) in [6.45, 7) is 0. The van der Waals surface area contributed by atoms with Crippen LogP contribution in [0.2, 0.25) is 0 Å². The van der Waals surface area contributed by atoms with Crippen LogP contribution in [0.3, 0.4) is 0 Å². The predicted octanol–water partition coefficient (Wildman–Crippen LogP) is -5.26. The van der Waals surface area contributed by atoms with Crippen LogP contribution in [0.25, 0.3) is 0 Å². The number of hydrogen-bond acceptors (Lipinski definition) is 8. The Kier molecular flexibility index (Phi) is 10.7. The third kappa shape index (κ3) is 809. The van der Waals surface area contributed by atoms with E-state index in [0.717, 1.165) is 0 Å². The van der Waals surface area contributed by atoms with Crippen molar-refractivity contribution in [1.82, 2.24) is 0 Å². The van der Waals surface area contributed by atoms with E-state index in [-0.39, 0.29) is 17.1 Å². The first-order valence-electron chi connectivity index (χ1n) is 1.53. The van der Waals surface area contributed by atoms with E-state index < -0.39 is 16.3 Å². The Morgan fingerprint density at radius 2 is 0.727 bits per heavy atom. The summed E-state index contributed by atoms with van der Waals surface area (Å²) in [5.74, 6) is 0. The molecule has 0 saturated heterocycles. The molecule has 0 atom stereocenters. The molecule has 11 heteroatoms. The minimum atomic E-state index is -5.14. The summed E-state index contributed by atoms with van der Waals surface area (Å²) in [5, 5.41) is 0. The van der Waals surface area contributed by atoms with Gasteiger partial charge >= 0.3 is 25.2 Å². The van der Waals surface area contributed by atoms with Crippen molar-refractivity contribution in [1.29, 1.82) is 0 Å². The van der Waals surface area contributed by atoms with Gasteiger partial charge < -0.3 is 19.6 Å². The number of rotatable bonds is 0. The molecule has 0 amide bonds. The third-order valence-electron chi connectivity index (χ3n) is 0. The van der Waals surface area contributed by atoms with Gasteiger partial charge in [0.15, 0.2) is 0 Å². The Morgan fingerprint density at radius 3 is 0.727 bits per heavy atom. The second-order valence-electron chi connectivity index (χ2n) is 0.982. The van der Waals surface area contributed by atoms with Crippen LogP contribution < -0.4 is 19.6 Å². The van der Waals surface area contributed by atoms with Crippen LogP contribution in [0.1, 0.15) is 0 Å². The Morgan fingerprint density at radius 1 is 0.727 bits per heavy atom. The molecule has 0 aromatic rings. The molecular formula is H4CuO8P2. The molecule has 0 unspecified atom stereocenters. The number of phosphoric acid groups is 2. The average Bonchev–Trinajstić information content (AvgIpc) is 1.12. The van der Waals surface area contributed by atoms with Crippen molar-refractivity contribution in [3.8, 4) is 0 Å². The second kappa shape index (κ2) is 6.56. The van der Waals surface area contributed by atoms with E-state index in [1.165, 1.54) is 0 Å². The van der Waals surface area contributed by atoms with Gasteiger partial charge in [-0.05, 0) is 8.17 Å². The summed E-state index contributed by atoms with van der Waals surface area (Å²) in [6.07, 6.45) is 0. The zero-order valence-electron chi connectivity index (χ0n) is 4.62. The SMILES string of the molecule is [Cu+2].[O-][P+](O)(O)O.[O-][P+]([O-])([O-])O. The molecule has 0 aliphatic rings. The fourth-order valence-corrected chi connectivity index (χ4v) is 0. The van der Waals surface area contributed by atoms with Crippen LogP contribution in [0.5, 0.6) is 0 Å². The topological polar surface area (TPSA) is 173 Å². The molecule has 0 rings (SSSR count). The van der Waals surface area contributed by atoms with Gasteiger partial charge in [-0.25, -0.2) is 0 Å². The van der Waals surface area contributed by atoms with Crippen LogP contribution in [-0.4, -0.2) is 19.6 Å². The van der Waals surface area contributed by atoms with E-state index in [4.69, 9.17) is 39.1 Å². The van der Waals surface area contributed by atoms with Gasteiger partial charge in [-0.1, -0.05) is 0 Å². The molecule has 0 bridgehead atoms. The molecule has 4 N–H and O–H groups in total. The molecule has 73 valence electrons. The Hall–Kier alpha value is 1.06. The zero-order chi connectivity index (χ0) is 9.00. The van der Waals surface area contributed by atoms with E-state index in [1.54, 1.807) is 0 Å². The van der Waals surface area contributed by atoms with Gasteiger partial charge in [0.1, 0.15) is 0 Å². The van der Waals surface area contributed by atoms with Gasteiger partial charge in [-0.15, -0.1) is 0 Å². The molecule has 0 saturated carbocycles. The Labute approximate surface area is 73.2 Å². The van der Waals surface area contributed by atoms with Crippen molar-refractivity contribution in [2.45, 2.75) is 0 Å². The summed E-state index contributed by atoms with van der Waals surface area (Å²) in [4.78, 5) is 63.4.